The third-order valence-electron chi connectivity index (χ3n) is 7.83. The van der Waals surface area contributed by atoms with Crippen LogP contribution in [0, 0.1) is 17.8 Å². The summed E-state index contributed by atoms with van der Waals surface area (Å²) in [4.78, 5) is 0. The summed E-state index contributed by atoms with van der Waals surface area (Å²) >= 11 is 0. The first kappa shape index (κ1) is 21.7. The van der Waals surface area contributed by atoms with E-state index in [1.807, 2.05) is 0 Å². The number of unbranched alkanes of at least 4 members (excludes halogenated alkanes) is 3. The molecular formula is C28H44. The van der Waals surface area contributed by atoms with Crippen molar-refractivity contribution in [2.45, 2.75) is 109 Å². The molecule has 0 aliphatic heterocycles. The van der Waals surface area contributed by atoms with Crippen LogP contribution in [0.5, 0.6) is 0 Å². The van der Waals surface area contributed by atoms with Crippen molar-refractivity contribution in [3.05, 3.63) is 48.0 Å². The lowest BCUT2D eigenvalue weighted by molar-refractivity contribution is 0.249. The number of hydrogen-bond donors (Lipinski definition) is 0. The molecule has 0 heterocycles. The van der Waals surface area contributed by atoms with Gasteiger partial charge in [0, 0.05) is 0 Å². The van der Waals surface area contributed by atoms with Gasteiger partial charge in [0.25, 0.3) is 0 Å². The molecule has 1 aromatic carbocycles. The summed E-state index contributed by atoms with van der Waals surface area (Å²) in [6.45, 7) is 6.29. The molecule has 2 aliphatic rings. The van der Waals surface area contributed by atoms with Crippen LogP contribution in [0.1, 0.15) is 114 Å². The van der Waals surface area contributed by atoms with Crippen molar-refractivity contribution >= 4 is 0 Å². The molecular weight excluding hydrogens is 336 g/mol. The first-order valence-electron chi connectivity index (χ1n) is 12.5. The van der Waals surface area contributed by atoms with Gasteiger partial charge in [-0.2, -0.15) is 0 Å². The fraction of sp³-hybridized carbons (Fsp3) is 0.714. The molecule has 0 radical (unpaired) electrons. The standard InChI is InChI=1S/C28H44/c1-3-5-6-7-8-24-9-11-25(12-10-24)13-14-26-17-21-28(22-18-26)27-19-15-23(4-2)16-20-27/h4,17-18,21-25,27H,2-3,5-16,19-20H2,1H3. The van der Waals surface area contributed by atoms with Crippen molar-refractivity contribution in [2.24, 2.45) is 17.8 Å². The van der Waals surface area contributed by atoms with Gasteiger partial charge in [0.15, 0.2) is 0 Å². The number of hydrogen-bond acceptors (Lipinski definition) is 0. The highest BCUT2D eigenvalue weighted by Crippen LogP contribution is 2.37. The molecule has 156 valence electrons. The van der Waals surface area contributed by atoms with Gasteiger partial charge in [0.05, 0.1) is 0 Å². The van der Waals surface area contributed by atoms with E-state index in [-0.39, 0.29) is 0 Å². The van der Waals surface area contributed by atoms with E-state index in [1.165, 1.54) is 96.3 Å². The minimum absolute atomic E-state index is 0.766. The lowest BCUT2D eigenvalue weighted by Gasteiger charge is -2.29. The Morgan fingerprint density at radius 3 is 2.04 bits per heavy atom. The van der Waals surface area contributed by atoms with Crippen LogP contribution in [0.3, 0.4) is 0 Å². The Labute approximate surface area is 175 Å². The summed E-state index contributed by atoms with van der Waals surface area (Å²) in [6.07, 6.45) is 23.4. The second-order valence-corrected chi connectivity index (χ2v) is 9.86. The average Bonchev–Trinajstić information content (AvgIpc) is 2.76. The molecule has 0 amide bonds. The largest absolute Gasteiger partial charge is 0.103 e. The van der Waals surface area contributed by atoms with Crippen molar-refractivity contribution in [3.8, 4) is 0 Å². The lowest BCUT2D eigenvalue weighted by Crippen LogP contribution is -2.15. The zero-order valence-corrected chi connectivity index (χ0v) is 18.5. The zero-order valence-electron chi connectivity index (χ0n) is 18.5. The quantitative estimate of drug-likeness (QED) is 0.281. The van der Waals surface area contributed by atoms with E-state index in [1.54, 1.807) is 11.1 Å². The van der Waals surface area contributed by atoms with Crippen LogP contribution in [0.15, 0.2) is 36.9 Å². The van der Waals surface area contributed by atoms with E-state index in [0.29, 0.717) is 0 Å². The zero-order chi connectivity index (χ0) is 19.6. The molecule has 0 spiro atoms. The second kappa shape index (κ2) is 11.8. The molecule has 28 heavy (non-hydrogen) atoms. The maximum atomic E-state index is 3.98. The summed E-state index contributed by atoms with van der Waals surface area (Å²) in [5.74, 6) is 3.59. The summed E-state index contributed by atoms with van der Waals surface area (Å²) in [7, 11) is 0. The fourth-order valence-electron chi connectivity index (χ4n) is 5.68. The van der Waals surface area contributed by atoms with Crippen LogP contribution in [0.2, 0.25) is 0 Å². The minimum Gasteiger partial charge on any atom is -0.103 e. The number of aryl methyl sites for hydroxylation is 1. The molecule has 0 nitrogen and oxygen atoms in total. The number of allylic oxidation sites excluding steroid dienone is 1. The molecule has 1 aromatic rings. The summed E-state index contributed by atoms with van der Waals surface area (Å²) in [5, 5.41) is 0. The van der Waals surface area contributed by atoms with Gasteiger partial charge in [0.2, 0.25) is 0 Å². The molecule has 0 heteroatoms. The Morgan fingerprint density at radius 1 is 0.786 bits per heavy atom. The molecule has 0 unspecified atom stereocenters. The van der Waals surface area contributed by atoms with Crippen molar-refractivity contribution in [1.82, 2.24) is 0 Å². The van der Waals surface area contributed by atoms with Crippen LogP contribution >= 0.6 is 0 Å². The molecule has 3 rings (SSSR count). The Hall–Kier alpha value is -1.04. The molecule has 2 fully saturated rings. The molecule has 0 atom stereocenters. The normalized spacial score (nSPS) is 28.2. The Kier molecular flexibility index (Phi) is 9.16. The van der Waals surface area contributed by atoms with Gasteiger partial charge in [-0.3, -0.25) is 0 Å². The first-order valence-corrected chi connectivity index (χ1v) is 12.5. The van der Waals surface area contributed by atoms with E-state index < -0.39 is 0 Å². The summed E-state index contributed by atoms with van der Waals surface area (Å²) in [5.41, 5.74) is 3.14. The highest BCUT2D eigenvalue weighted by atomic mass is 14.3. The Balaban J connectivity index is 1.34. The van der Waals surface area contributed by atoms with Crippen LogP contribution in [0.25, 0.3) is 0 Å². The predicted octanol–water partition coefficient (Wildman–Crippen LogP) is 8.86. The monoisotopic (exact) mass is 380 g/mol. The Morgan fingerprint density at radius 2 is 1.43 bits per heavy atom. The van der Waals surface area contributed by atoms with Gasteiger partial charge in [-0.15, -0.1) is 6.58 Å². The number of rotatable bonds is 10. The van der Waals surface area contributed by atoms with Gasteiger partial charge in [-0.1, -0.05) is 95.1 Å². The van der Waals surface area contributed by atoms with Crippen LogP contribution in [0.4, 0.5) is 0 Å². The second-order valence-electron chi connectivity index (χ2n) is 9.86. The summed E-state index contributed by atoms with van der Waals surface area (Å²) in [6, 6.07) is 9.71. The molecule has 0 saturated heterocycles. The maximum Gasteiger partial charge on any atom is -0.0162 e. The van der Waals surface area contributed by atoms with E-state index in [9.17, 15) is 0 Å². The van der Waals surface area contributed by atoms with E-state index in [0.717, 1.165) is 23.7 Å². The molecule has 2 aliphatic carbocycles. The topological polar surface area (TPSA) is 0 Å². The van der Waals surface area contributed by atoms with Crippen molar-refractivity contribution in [2.75, 3.05) is 0 Å². The van der Waals surface area contributed by atoms with Crippen LogP contribution < -0.4 is 0 Å². The van der Waals surface area contributed by atoms with Gasteiger partial charge in [-0.25, -0.2) is 0 Å². The summed E-state index contributed by atoms with van der Waals surface area (Å²) < 4.78 is 0. The Bertz CT molecular complexity index is 538. The SMILES string of the molecule is C=CC1CCC(c2ccc(CCC3CCC(CCCCCC)CC3)cc2)CC1. The van der Waals surface area contributed by atoms with Gasteiger partial charge in [0.1, 0.15) is 0 Å². The average molecular weight is 381 g/mol. The smallest absolute Gasteiger partial charge is 0.0162 e. The van der Waals surface area contributed by atoms with Crippen LogP contribution in [-0.4, -0.2) is 0 Å². The molecule has 0 N–H and O–H groups in total. The first-order chi connectivity index (χ1) is 13.8. The van der Waals surface area contributed by atoms with E-state index in [4.69, 9.17) is 0 Å². The third-order valence-corrected chi connectivity index (χ3v) is 7.83. The molecule has 0 aromatic heterocycles. The minimum atomic E-state index is 0.766. The molecule has 2 saturated carbocycles. The third kappa shape index (κ3) is 6.78. The molecule has 0 bridgehead atoms. The van der Waals surface area contributed by atoms with Gasteiger partial charge in [-0.05, 0) is 73.3 Å². The predicted molar refractivity (Wildman–Crippen MR) is 124 cm³/mol. The number of benzene rings is 1. The van der Waals surface area contributed by atoms with E-state index in [2.05, 4.69) is 43.8 Å². The van der Waals surface area contributed by atoms with E-state index >= 15 is 0 Å². The highest BCUT2D eigenvalue weighted by Gasteiger charge is 2.22. The van der Waals surface area contributed by atoms with Crippen molar-refractivity contribution in [1.29, 1.82) is 0 Å². The van der Waals surface area contributed by atoms with Gasteiger partial charge < -0.3 is 0 Å². The highest BCUT2D eigenvalue weighted by molar-refractivity contribution is 5.26. The van der Waals surface area contributed by atoms with Crippen LogP contribution in [-0.2, 0) is 6.42 Å². The maximum absolute atomic E-state index is 3.98. The lowest BCUT2D eigenvalue weighted by atomic mass is 9.77. The van der Waals surface area contributed by atoms with Crippen molar-refractivity contribution < 1.29 is 0 Å². The fourth-order valence-corrected chi connectivity index (χ4v) is 5.68. The van der Waals surface area contributed by atoms with Crippen molar-refractivity contribution in [3.63, 3.8) is 0 Å². The van der Waals surface area contributed by atoms with Gasteiger partial charge >= 0.3 is 0 Å².